The van der Waals surface area contributed by atoms with Crippen molar-refractivity contribution in [1.29, 1.82) is 0 Å². The smallest absolute Gasteiger partial charge is 0.0530 e. The quantitative estimate of drug-likeness (QED) is 0.613. The van der Waals surface area contributed by atoms with Gasteiger partial charge in [-0.05, 0) is 6.42 Å². The predicted molar refractivity (Wildman–Crippen MR) is 41.8 cm³/mol. The zero-order valence-electron chi connectivity index (χ0n) is 5.02. The highest BCUT2D eigenvalue weighted by molar-refractivity contribution is 8.00. The van der Waals surface area contributed by atoms with Gasteiger partial charge in [-0.3, -0.25) is 0 Å². The summed E-state index contributed by atoms with van der Waals surface area (Å²) in [6.07, 6.45) is 1.27. The Morgan fingerprint density at radius 2 is 2.50 bits per heavy atom. The van der Waals surface area contributed by atoms with Crippen molar-refractivity contribution in [3.63, 3.8) is 0 Å². The molecule has 1 nitrogen and oxygen atoms in total. The standard InChI is InChI=1S/C5H11NS.ClH/c1-2-5-6-3-4-7-5;/h5-6H,2-4H2,1H3;1H. The Balaban J connectivity index is 0.000000490. The summed E-state index contributed by atoms with van der Waals surface area (Å²) >= 11 is 2.03. The maximum atomic E-state index is 3.37. The molecule has 1 fully saturated rings. The van der Waals surface area contributed by atoms with Crippen molar-refractivity contribution >= 4 is 24.2 Å². The van der Waals surface area contributed by atoms with E-state index in [4.69, 9.17) is 0 Å². The lowest BCUT2D eigenvalue weighted by atomic mass is 10.5. The molecule has 1 unspecified atom stereocenters. The number of nitrogens with one attached hydrogen (secondary N) is 1. The lowest BCUT2D eigenvalue weighted by molar-refractivity contribution is 0.692. The molecule has 3 heteroatoms. The Bertz CT molecular complexity index is 54.4. The number of rotatable bonds is 1. The van der Waals surface area contributed by atoms with Crippen LogP contribution in [0.2, 0.25) is 0 Å². The summed E-state index contributed by atoms with van der Waals surface area (Å²) in [5, 5.41) is 4.13. The second-order valence-corrected chi connectivity index (χ2v) is 3.03. The van der Waals surface area contributed by atoms with E-state index in [1.807, 2.05) is 11.8 Å². The fraction of sp³-hybridized carbons (Fsp3) is 1.00. The molecule has 0 aromatic rings. The van der Waals surface area contributed by atoms with Crippen molar-refractivity contribution in [2.45, 2.75) is 18.7 Å². The maximum Gasteiger partial charge on any atom is 0.0530 e. The van der Waals surface area contributed by atoms with Gasteiger partial charge in [-0.25, -0.2) is 0 Å². The molecule has 1 aliphatic heterocycles. The van der Waals surface area contributed by atoms with Crippen LogP contribution < -0.4 is 5.32 Å². The monoisotopic (exact) mass is 153 g/mol. The van der Waals surface area contributed by atoms with Gasteiger partial charge in [0.25, 0.3) is 0 Å². The normalized spacial score (nSPS) is 27.4. The van der Waals surface area contributed by atoms with Gasteiger partial charge in [0.05, 0.1) is 5.37 Å². The highest BCUT2D eigenvalue weighted by Gasteiger charge is 2.10. The molecule has 1 heterocycles. The third-order valence-electron chi connectivity index (χ3n) is 1.16. The van der Waals surface area contributed by atoms with Crippen LogP contribution >= 0.6 is 24.2 Å². The third-order valence-corrected chi connectivity index (χ3v) is 2.51. The molecule has 1 aliphatic rings. The van der Waals surface area contributed by atoms with Gasteiger partial charge in [0.2, 0.25) is 0 Å². The van der Waals surface area contributed by atoms with Gasteiger partial charge < -0.3 is 5.32 Å². The van der Waals surface area contributed by atoms with Crippen LogP contribution in [0, 0.1) is 0 Å². The summed E-state index contributed by atoms with van der Waals surface area (Å²) in [5.74, 6) is 1.30. The average Bonchev–Trinajstić information content (AvgIpc) is 2.14. The van der Waals surface area contributed by atoms with E-state index in [2.05, 4.69) is 12.2 Å². The Morgan fingerprint density at radius 3 is 2.75 bits per heavy atom. The van der Waals surface area contributed by atoms with Gasteiger partial charge in [0.1, 0.15) is 0 Å². The molecule has 0 radical (unpaired) electrons. The molecule has 0 saturated carbocycles. The fourth-order valence-electron chi connectivity index (χ4n) is 0.742. The molecule has 0 aliphatic carbocycles. The zero-order valence-corrected chi connectivity index (χ0v) is 6.65. The van der Waals surface area contributed by atoms with Crippen molar-refractivity contribution in [1.82, 2.24) is 5.32 Å². The van der Waals surface area contributed by atoms with E-state index in [0.717, 1.165) is 5.37 Å². The van der Waals surface area contributed by atoms with Gasteiger partial charge >= 0.3 is 0 Å². The minimum atomic E-state index is 0. The molecule has 0 amide bonds. The first kappa shape index (κ1) is 8.60. The summed E-state index contributed by atoms with van der Waals surface area (Å²) in [6, 6.07) is 0. The van der Waals surface area contributed by atoms with Gasteiger partial charge in [0.15, 0.2) is 0 Å². The Morgan fingerprint density at radius 1 is 1.75 bits per heavy atom. The summed E-state index contributed by atoms with van der Waals surface area (Å²) < 4.78 is 0. The first-order valence-corrected chi connectivity index (χ1v) is 3.83. The number of hydrogen-bond acceptors (Lipinski definition) is 2. The van der Waals surface area contributed by atoms with E-state index in [0.29, 0.717) is 0 Å². The lowest BCUT2D eigenvalue weighted by Crippen LogP contribution is -2.17. The molecule has 1 N–H and O–H groups in total. The van der Waals surface area contributed by atoms with Crippen LogP contribution in [0.25, 0.3) is 0 Å². The SMILES string of the molecule is CCC1NCCS1.Cl. The molecule has 50 valence electrons. The molecular weight excluding hydrogens is 142 g/mol. The van der Waals surface area contributed by atoms with Crippen LogP contribution in [0.1, 0.15) is 13.3 Å². The van der Waals surface area contributed by atoms with Crippen LogP contribution in [0.3, 0.4) is 0 Å². The summed E-state index contributed by atoms with van der Waals surface area (Å²) in [4.78, 5) is 0. The highest BCUT2D eigenvalue weighted by Crippen LogP contribution is 2.15. The van der Waals surface area contributed by atoms with E-state index in [9.17, 15) is 0 Å². The predicted octanol–water partition coefficient (Wildman–Crippen LogP) is 1.48. The molecular formula is C5H12ClNS. The molecule has 8 heavy (non-hydrogen) atoms. The Hall–Kier alpha value is 0.600. The molecule has 0 bridgehead atoms. The number of halogens is 1. The largest absolute Gasteiger partial charge is 0.305 e. The van der Waals surface area contributed by atoms with Gasteiger partial charge in [0, 0.05) is 12.3 Å². The Labute approximate surface area is 61.0 Å². The summed E-state index contributed by atoms with van der Waals surface area (Å²) in [6.45, 7) is 3.43. The third kappa shape index (κ3) is 2.25. The molecule has 1 rings (SSSR count). The lowest BCUT2D eigenvalue weighted by Gasteiger charge is -2.01. The van der Waals surface area contributed by atoms with Crippen molar-refractivity contribution in [2.24, 2.45) is 0 Å². The second-order valence-electron chi connectivity index (χ2n) is 1.72. The average molecular weight is 154 g/mol. The minimum absolute atomic E-state index is 0. The van der Waals surface area contributed by atoms with E-state index >= 15 is 0 Å². The Kier molecular flexibility index (Phi) is 4.81. The van der Waals surface area contributed by atoms with Crippen LogP contribution in [0.4, 0.5) is 0 Å². The second kappa shape index (κ2) is 4.48. The molecule has 0 aromatic carbocycles. The fourth-order valence-corrected chi connectivity index (χ4v) is 1.73. The maximum absolute atomic E-state index is 3.37. The molecule has 0 spiro atoms. The minimum Gasteiger partial charge on any atom is -0.305 e. The molecule has 1 saturated heterocycles. The van der Waals surface area contributed by atoms with E-state index < -0.39 is 0 Å². The van der Waals surface area contributed by atoms with Crippen LogP contribution in [-0.4, -0.2) is 17.7 Å². The van der Waals surface area contributed by atoms with Crippen molar-refractivity contribution in [3.8, 4) is 0 Å². The van der Waals surface area contributed by atoms with Crippen LogP contribution in [-0.2, 0) is 0 Å². The first-order valence-electron chi connectivity index (χ1n) is 2.78. The van der Waals surface area contributed by atoms with Gasteiger partial charge in [-0.1, -0.05) is 6.92 Å². The van der Waals surface area contributed by atoms with Gasteiger partial charge in [-0.15, -0.1) is 24.2 Å². The summed E-state index contributed by atoms with van der Waals surface area (Å²) in [5.41, 5.74) is 0. The summed E-state index contributed by atoms with van der Waals surface area (Å²) in [7, 11) is 0. The van der Waals surface area contributed by atoms with Crippen LogP contribution in [0.5, 0.6) is 0 Å². The first-order chi connectivity index (χ1) is 3.43. The van der Waals surface area contributed by atoms with Crippen molar-refractivity contribution in [2.75, 3.05) is 12.3 Å². The highest BCUT2D eigenvalue weighted by atomic mass is 35.5. The number of hydrogen-bond donors (Lipinski definition) is 1. The van der Waals surface area contributed by atoms with E-state index in [1.165, 1.54) is 18.7 Å². The van der Waals surface area contributed by atoms with E-state index in [1.54, 1.807) is 0 Å². The van der Waals surface area contributed by atoms with E-state index in [-0.39, 0.29) is 12.4 Å². The molecule has 0 aromatic heterocycles. The molecule has 1 atom stereocenters. The number of thioether (sulfide) groups is 1. The van der Waals surface area contributed by atoms with Crippen molar-refractivity contribution in [3.05, 3.63) is 0 Å². The van der Waals surface area contributed by atoms with Crippen molar-refractivity contribution < 1.29 is 0 Å². The zero-order chi connectivity index (χ0) is 5.11. The van der Waals surface area contributed by atoms with Crippen LogP contribution in [0.15, 0.2) is 0 Å². The topological polar surface area (TPSA) is 12.0 Å². The van der Waals surface area contributed by atoms with Gasteiger partial charge in [-0.2, -0.15) is 0 Å².